The third-order valence-corrected chi connectivity index (χ3v) is 5.69. The van der Waals surface area contributed by atoms with Crippen molar-refractivity contribution in [3.05, 3.63) is 81.2 Å². The maximum absolute atomic E-state index is 14.0. The van der Waals surface area contributed by atoms with Gasteiger partial charge in [-0.1, -0.05) is 12.1 Å². The fraction of sp³-hybridized carbons (Fsp3) is 0.143. The largest absolute Gasteiger partial charge is 0.467 e. The lowest BCUT2D eigenvalue weighted by molar-refractivity contribution is -0.0173. The normalized spacial score (nSPS) is 13.3. The fourth-order valence-electron chi connectivity index (χ4n) is 3.48. The summed E-state index contributed by atoms with van der Waals surface area (Å²) in [5, 5.41) is 2.29. The molecule has 0 radical (unpaired) electrons. The molecule has 5 rings (SSSR count). The lowest BCUT2D eigenvalue weighted by Crippen LogP contribution is -2.22. The highest BCUT2D eigenvalue weighted by Crippen LogP contribution is 2.32. The van der Waals surface area contributed by atoms with Crippen molar-refractivity contribution in [2.75, 3.05) is 6.79 Å². The Morgan fingerprint density at radius 1 is 1.14 bits per heavy atom. The number of aromatic nitrogens is 2. The van der Waals surface area contributed by atoms with Crippen LogP contribution in [0.5, 0.6) is 5.75 Å². The Morgan fingerprint density at radius 3 is 2.79 bits per heavy atom. The molecule has 0 saturated heterocycles. The summed E-state index contributed by atoms with van der Waals surface area (Å²) < 4.78 is 39.5. The molecule has 0 unspecified atom stereocenters. The second kappa shape index (κ2) is 7.06. The number of ether oxygens (including phenoxy) is 2. The Hall–Kier alpha value is -3.10. The zero-order valence-electron chi connectivity index (χ0n) is 15.0. The molecular formula is C21H14F2N2O3S. The second-order valence-corrected chi connectivity index (χ2v) is 7.54. The van der Waals surface area contributed by atoms with Crippen LogP contribution in [0.1, 0.15) is 11.1 Å². The summed E-state index contributed by atoms with van der Waals surface area (Å²) in [4.78, 5) is 18.2. The summed E-state index contributed by atoms with van der Waals surface area (Å²) in [7, 11) is 0. The van der Waals surface area contributed by atoms with Gasteiger partial charge in [0.2, 0.25) is 0 Å². The Kier molecular flexibility index (Phi) is 4.37. The van der Waals surface area contributed by atoms with E-state index < -0.39 is 5.82 Å². The molecule has 0 spiro atoms. The van der Waals surface area contributed by atoms with Crippen LogP contribution in [-0.4, -0.2) is 16.3 Å². The SMILES string of the molecule is O=c1c2c(-c3ccc(F)cc3)csc2ncn1Cc1cc(F)cc2c1OCOC2. The summed E-state index contributed by atoms with van der Waals surface area (Å²) in [6, 6.07) is 8.69. The van der Waals surface area contributed by atoms with E-state index in [2.05, 4.69) is 4.98 Å². The van der Waals surface area contributed by atoms with Crippen molar-refractivity contribution in [2.45, 2.75) is 13.2 Å². The summed E-state index contributed by atoms with van der Waals surface area (Å²) in [5.74, 6) is -0.227. The summed E-state index contributed by atoms with van der Waals surface area (Å²) >= 11 is 1.35. The Bertz CT molecular complexity index is 1280. The Balaban J connectivity index is 1.61. The van der Waals surface area contributed by atoms with Crippen LogP contribution in [0.25, 0.3) is 21.3 Å². The molecular weight excluding hydrogens is 398 g/mol. The third-order valence-electron chi connectivity index (χ3n) is 4.81. The zero-order valence-corrected chi connectivity index (χ0v) is 15.8. The lowest BCUT2D eigenvalue weighted by Gasteiger charge is -2.21. The first-order valence-corrected chi connectivity index (χ1v) is 9.72. The molecule has 2 aromatic carbocycles. The van der Waals surface area contributed by atoms with Crippen molar-refractivity contribution < 1.29 is 18.3 Å². The van der Waals surface area contributed by atoms with E-state index in [-0.39, 0.29) is 31.3 Å². The van der Waals surface area contributed by atoms with Crippen molar-refractivity contribution >= 4 is 21.6 Å². The van der Waals surface area contributed by atoms with Crippen LogP contribution in [-0.2, 0) is 17.9 Å². The maximum Gasteiger partial charge on any atom is 0.263 e. The van der Waals surface area contributed by atoms with E-state index in [4.69, 9.17) is 9.47 Å². The number of hydrogen-bond donors (Lipinski definition) is 0. The summed E-state index contributed by atoms with van der Waals surface area (Å²) in [6.45, 7) is 0.448. The topological polar surface area (TPSA) is 53.4 Å². The van der Waals surface area contributed by atoms with Crippen LogP contribution in [0.4, 0.5) is 8.78 Å². The summed E-state index contributed by atoms with van der Waals surface area (Å²) in [6.07, 6.45) is 1.45. The standard InChI is InChI=1S/C21H14F2N2O3S/c22-15-3-1-12(2-4-15)17-9-29-20-18(17)21(26)25(10-24-20)7-13-5-16(23)6-14-8-27-11-28-19(13)14/h1-6,9-10H,7-8,11H2. The van der Waals surface area contributed by atoms with Crippen molar-refractivity contribution in [2.24, 2.45) is 0 Å². The molecule has 0 bridgehead atoms. The van der Waals surface area contributed by atoms with Gasteiger partial charge in [0.15, 0.2) is 6.79 Å². The van der Waals surface area contributed by atoms with Crippen molar-refractivity contribution in [3.63, 3.8) is 0 Å². The van der Waals surface area contributed by atoms with Crippen molar-refractivity contribution in [3.8, 4) is 16.9 Å². The monoisotopic (exact) mass is 412 g/mol. The highest BCUT2D eigenvalue weighted by molar-refractivity contribution is 7.17. The molecule has 1 aliphatic heterocycles. The van der Waals surface area contributed by atoms with Crippen LogP contribution in [0.3, 0.4) is 0 Å². The van der Waals surface area contributed by atoms with Crippen molar-refractivity contribution in [1.29, 1.82) is 0 Å². The summed E-state index contributed by atoms with van der Waals surface area (Å²) in [5.41, 5.74) is 2.34. The smallest absolute Gasteiger partial charge is 0.263 e. The van der Waals surface area contributed by atoms with E-state index in [0.717, 1.165) is 5.56 Å². The van der Waals surface area contributed by atoms with Gasteiger partial charge < -0.3 is 9.47 Å². The predicted octanol–water partition coefficient (Wildman–Crippen LogP) is 4.32. The van der Waals surface area contributed by atoms with Crippen LogP contribution < -0.4 is 10.3 Å². The van der Waals surface area contributed by atoms with Gasteiger partial charge in [0.05, 0.1) is 24.9 Å². The van der Waals surface area contributed by atoms with Crippen LogP contribution >= 0.6 is 11.3 Å². The van der Waals surface area contributed by atoms with E-state index in [1.807, 2.05) is 5.38 Å². The molecule has 0 atom stereocenters. The van der Waals surface area contributed by atoms with E-state index >= 15 is 0 Å². The second-order valence-electron chi connectivity index (χ2n) is 6.68. The number of thiophene rings is 1. The molecule has 0 N–H and O–H groups in total. The van der Waals surface area contributed by atoms with Crippen LogP contribution in [0.15, 0.2) is 52.9 Å². The van der Waals surface area contributed by atoms with Gasteiger partial charge in [-0.25, -0.2) is 13.8 Å². The quantitative estimate of drug-likeness (QED) is 0.503. The highest BCUT2D eigenvalue weighted by atomic mass is 32.1. The first-order chi connectivity index (χ1) is 14.1. The van der Waals surface area contributed by atoms with Gasteiger partial charge in [-0.15, -0.1) is 11.3 Å². The van der Waals surface area contributed by atoms with E-state index in [0.29, 0.717) is 32.7 Å². The fourth-order valence-corrected chi connectivity index (χ4v) is 4.39. The third kappa shape index (κ3) is 3.20. The molecule has 29 heavy (non-hydrogen) atoms. The minimum atomic E-state index is -0.419. The van der Waals surface area contributed by atoms with Gasteiger partial charge in [0.1, 0.15) is 22.2 Å². The van der Waals surface area contributed by atoms with Gasteiger partial charge in [0, 0.05) is 22.1 Å². The molecule has 0 aliphatic carbocycles. The van der Waals surface area contributed by atoms with Crippen LogP contribution in [0, 0.1) is 11.6 Å². The van der Waals surface area contributed by atoms with Crippen LogP contribution in [0.2, 0.25) is 0 Å². The number of fused-ring (bicyclic) bond motifs is 2. The molecule has 0 saturated carbocycles. The highest BCUT2D eigenvalue weighted by Gasteiger charge is 2.19. The van der Waals surface area contributed by atoms with Gasteiger partial charge in [-0.3, -0.25) is 9.36 Å². The zero-order chi connectivity index (χ0) is 20.0. The molecule has 146 valence electrons. The molecule has 3 heterocycles. The molecule has 1 aliphatic rings. The predicted molar refractivity (Wildman–Crippen MR) is 105 cm³/mol. The maximum atomic E-state index is 14.0. The van der Waals surface area contributed by atoms with Gasteiger partial charge in [0.25, 0.3) is 5.56 Å². The Labute approximate surface area is 167 Å². The lowest BCUT2D eigenvalue weighted by atomic mass is 10.1. The first-order valence-electron chi connectivity index (χ1n) is 8.84. The average molecular weight is 412 g/mol. The van der Waals surface area contributed by atoms with E-state index in [1.54, 1.807) is 12.1 Å². The van der Waals surface area contributed by atoms with Gasteiger partial charge in [-0.05, 0) is 29.8 Å². The van der Waals surface area contributed by atoms with Gasteiger partial charge >= 0.3 is 0 Å². The van der Waals surface area contributed by atoms with E-state index in [1.165, 1.54) is 46.5 Å². The molecule has 0 fully saturated rings. The molecule has 5 nitrogen and oxygen atoms in total. The number of benzene rings is 2. The molecule has 2 aromatic heterocycles. The van der Waals surface area contributed by atoms with Gasteiger partial charge in [-0.2, -0.15) is 0 Å². The molecule has 8 heteroatoms. The minimum Gasteiger partial charge on any atom is -0.467 e. The number of nitrogens with zero attached hydrogens (tertiary/aromatic N) is 2. The number of rotatable bonds is 3. The van der Waals surface area contributed by atoms with Crippen molar-refractivity contribution in [1.82, 2.24) is 9.55 Å². The first kappa shape index (κ1) is 18.0. The minimum absolute atomic E-state index is 0.0804. The molecule has 4 aromatic rings. The molecule has 0 amide bonds. The number of halogens is 2. The van der Waals surface area contributed by atoms with E-state index in [9.17, 15) is 13.6 Å². The average Bonchev–Trinajstić information content (AvgIpc) is 3.15. The Morgan fingerprint density at radius 2 is 1.97 bits per heavy atom. The number of hydrogen-bond acceptors (Lipinski definition) is 5.